The Bertz CT molecular complexity index is 945. The molecule has 180 valence electrons. The summed E-state index contributed by atoms with van der Waals surface area (Å²) in [7, 11) is -0.539. The molecule has 2 amide bonds. The molecule has 0 spiro atoms. The van der Waals surface area contributed by atoms with Crippen molar-refractivity contribution in [1.82, 2.24) is 10.6 Å². The van der Waals surface area contributed by atoms with Gasteiger partial charge >= 0.3 is 7.12 Å². The quantitative estimate of drug-likeness (QED) is 0.581. The van der Waals surface area contributed by atoms with Gasteiger partial charge in [-0.2, -0.15) is 0 Å². The Balaban J connectivity index is 1.39. The van der Waals surface area contributed by atoms with E-state index in [9.17, 15) is 14.0 Å². The molecule has 4 fully saturated rings. The number of carbonyl (C=O) groups excluding carboxylic acids is 2. The van der Waals surface area contributed by atoms with Crippen molar-refractivity contribution in [2.45, 2.75) is 71.5 Å². The summed E-state index contributed by atoms with van der Waals surface area (Å²) in [6.45, 7) is 10.6. The maximum atomic E-state index is 13.9. The molecule has 33 heavy (non-hydrogen) atoms. The molecule has 1 aliphatic heterocycles. The molecule has 6 nitrogen and oxygen atoms in total. The molecule has 0 aromatic heterocycles. The Morgan fingerprint density at radius 3 is 2.67 bits per heavy atom. The highest BCUT2D eigenvalue weighted by atomic mass is 35.5. The molecule has 5 atom stereocenters. The van der Waals surface area contributed by atoms with Crippen LogP contribution in [0, 0.1) is 29.0 Å². The van der Waals surface area contributed by atoms with Crippen molar-refractivity contribution in [3.8, 4) is 0 Å². The van der Waals surface area contributed by atoms with Gasteiger partial charge < -0.3 is 19.9 Å². The first-order valence-electron chi connectivity index (χ1n) is 11.8. The SMILES string of the molecule is CC(C)C[C@H](NC(=O)CNC(=O)c1cc(Cl)ccc1F)B1O[C@@H]2C[C@@H]3C[C@@H](C3(C)C)[C@]2(C)O1. The minimum Gasteiger partial charge on any atom is -0.404 e. The average molecular weight is 479 g/mol. The van der Waals surface area contributed by atoms with Crippen LogP contribution in [-0.2, 0) is 14.1 Å². The molecular weight excluding hydrogens is 446 g/mol. The predicted molar refractivity (Wildman–Crippen MR) is 125 cm³/mol. The largest absolute Gasteiger partial charge is 0.481 e. The number of nitrogens with one attached hydrogen (secondary N) is 2. The number of benzene rings is 1. The standard InChI is InChI=1S/C24H33BClFN2O4/c1-13(2)8-20(25-32-19-10-14-9-18(23(14,3)4)24(19,5)33-25)29-21(30)12-28-22(31)16-11-15(26)6-7-17(16)27/h6-7,11,13-14,18-20H,8-10,12H2,1-5H3,(H,28,31)(H,29,30)/t14-,18-,19+,20-,24-/m0/s1. The molecule has 0 radical (unpaired) electrons. The molecule has 3 aliphatic carbocycles. The summed E-state index contributed by atoms with van der Waals surface area (Å²) < 4.78 is 26.8. The van der Waals surface area contributed by atoms with Crippen LogP contribution in [0.2, 0.25) is 5.02 Å². The van der Waals surface area contributed by atoms with Crippen molar-refractivity contribution >= 4 is 30.5 Å². The van der Waals surface area contributed by atoms with E-state index >= 15 is 0 Å². The van der Waals surface area contributed by atoms with Gasteiger partial charge in [-0.25, -0.2) is 4.39 Å². The van der Waals surface area contributed by atoms with Gasteiger partial charge in [-0.1, -0.05) is 39.3 Å². The van der Waals surface area contributed by atoms with Crippen molar-refractivity contribution in [3.63, 3.8) is 0 Å². The van der Waals surface area contributed by atoms with E-state index in [0.29, 0.717) is 24.2 Å². The Morgan fingerprint density at radius 2 is 2.00 bits per heavy atom. The van der Waals surface area contributed by atoms with E-state index < -0.39 is 18.8 Å². The van der Waals surface area contributed by atoms with Crippen molar-refractivity contribution in [2.75, 3.05) is 6.54 Å². The second-order valence-electron chi connectivity index (χ2n) is 10.9. The predicted octanol–water partition coefficient (Wildman–Crippen LogP) is 4.01. The summed E-state index contributed by atoms with van der Waals surface area (Å²) in [4.78, 5) is 25.0. The number of rotatable bonds is 7. The molecule has 1 heterocycles. The first-order chi connectivity index (χ1) is 15.4. The van der Waals surface area contributed by atoms with E-state index in [4.69, 9.17) is 20.9 Å². The third kappa shape index (κ3) is 4.54. The lowest BCUT2D eigenvalue weighted by atomic mass is 9.43. The highest BCUT2D eigenvalue weighted by Crippen LogP contribution is 2.65. The van der Waals surface area contributed by atoms with Crippen LogP contribution in [0.5, 0.6) is 0 Å². The Hall–Kier alpha value is -1.64. The van der Waals surface area contributed by atoms with E-state index in [1.807, 2.05) is 0 Å². The molecular formula is C24H33BClFN2O4. The zero-order chi connectivity index (χ0) is 24.1. The Labute approximate surface area is 200 Å². The fourth-order valence-electron chi connectivity index (χ4n) is 6.00. The molecule has 1 aromatic rings. The first-order valence-corrected chi connectivity index (χ1v) is 12.2. The van der Waals surface area contributed by atoms with Crippen LogP contribution in [0.3, 0.4) is 0 Å². The van der Waals surface area contributed by atoms with Gasteiger partial charge in [0, 0.05) is 5.02 Å². The van der Waals surface area contributed by atoms with Crippen molar-refractivity contribution in [1.29, 1.82) is 0 Å². The van der Waals surface area contributed by atoms with Crippen molar-refractivity contribution < 1.29 is 23.3 Å². The molecule has 5 rings (SSSR count). The number of amides is 2. The smallest absolute Gasteiger partial charge is 0.404 e. The number of hydrogen-bond acceptors (Lipinski definition) is 4. The van der Waals surface area contributed by atoms with Crippen LogP contribution in [0.4, 0.5) is 4.39 Å². The zero-order valence-corrected chi connectivity index (χ0v) is 20.7. The summed E-state index contributed by atoms with van der Waals surface area (Å²) in [5, 5.41) is 5.69. The Morgan fingerprint density at radius 1 is 1.27 bits per heavy atom. The van der Waals surface area contributed by atoms with E-state index in [1.165, 1.54) is 12.1 Å². The Kier molecular flexibility index (Phi) is 6.57. The van der Waals surface area contributed by atoms with Gasteiger partial charge in [-0.15, -0.1) is 0 Å². The zero-order valence-electron chi connectivity index (χ0n) is 19.9. The van der Waals surface area contributed by atoms with Crippen LogP contribution < -0.4 is 10.6 Å². The van der Waals surface area contributed by atoms with E-state index in [2.05, 4.69) is 45.3 Å². The topological polar surface area (TPSA) is 76.7 Å². The van der Waals surface area contributed by atoms with Crippen LogP contribution >= 0.6 is 11.6 Å². The van der Waals surface area contributed by atoms with E-state index in [-0.39, 0.29) is 46.1 Å². The summed E-state index contributed by atoms with van der Waals surface area (Å²) in [6.07, 6.45) is 2.83. The van der Waals surface area contributed by atoms with Crippen LogP contribution in [0.25, 0.3) is 0 Å². The highest BCUT2D eigenvalue weighted by Gasteiger charge is 2.68. The number of carbonyl (C=O) groups is 2. The van der Waals surface area contributed by atoms with Gasteiger partial charge in [-0.05, 0) is 67.6 Å². The second-order valence-corrected chi connectivity index (χ2v) is 11.4. The van der Waals surface area contributed by atoms with Gasteiger partial charge in [0.2, 0.25) is 5.91 Å². The third-order valence-corrected chi connectivity index (χ3v) is 8.19. The summed E-state index contributed by atoms with van der Waals surface area (Å²) >= 11 is 5.85. The molecule has 1 saturated heterocycles. The van der Waals surface area contributed by atoms with Gasteiger partial charge in [0.25, 0.3) is 5.91 Å². The van der Waals surface area contributed by atoms with Crippen LogP contribution in [0.15, 0.2) is 18.2 Å². The summed E-state index contributed by atoms with van der Waals surface area (Å²) in [5.41, 5.74) is -0.323. The minimum absolute atomic E-state index is 0.0244. The van der Waals surface area contributed by atoms with Crippen LogP contribution in [0.1, 0.15) is 64.2 Å². The van der Waals surface area contributed by atoms with Gasteiger partial charge in [-0.3, -0.25) is 9.59 Å². The number of hydrogen-bond donors (Lipinski definition) is 2. The maximum absolute atomic E-state index is 13.9. The van der Waals surface area contributed by atoms with E-state index in [0.717, 1.165) is 18.9 Å². The minimum atomic E-state index is -0.695. The highest BCUT2D eigenvalue weighted by molar-refractivity contribution is 6.47. The third-order valence-electron chi connectivity index (χ3n) is 7.95. The molecule has 2 N–H and O–H groups in total. The van der Waals surface area contributed by atoms with Crippen molar-refractivity contribution in [3.05, 3.63) is 34.6 Å². The van der Waals surface area contributed by atoms with E-state index in [1.54, 1.807) is 0 Å². The van der Waals surface area contributed by atoms with Gasteiger partial charge in [0.05, 0.1) is 29.8 Å². The fraction of sp³-hybridized carbons (Fsp3) is 0.667. The van der Waals surface area contributed by atoms with Gasteiger partial charge in [0.1, 0.15) is 5.82 Å². The molecule has 4 aliphatic rings. The lowest BCUT2D eigenvalue weighted by molar-refractivity contribution is -0.199. The monoisotopic (exact) mass is 478 g/mol. The average Bonchev–Trinajstić information content (AvgIpc) is 3.10. The molecule has 2 bridgehead atoms. The van der Waals surface area contributed by atoms with Crippen LogP contribution in [-0.4, -0.2) is 43.1 Å². The maximum Gasteiger partial charge on any atom is 0.481 e. The lowest BCUT2D eigenvalue weighted by Gasteiger charge is -2.64. The summed E-state index contributed by atoms with van der Waals surface area (Å²) in [6, 6.07) is 3.72. The fourth-order valence-corrected chi connectivity index (χ4v) is 6.17. The molecule has 9 heteroatoms. The first kappa shape index (κ1) is 24.5. The normalized spacial score (nSPS) is 30.4. The lowest BCUT2D eigenvalue weighted by Crippen LogP contribution is -2.65. The number of halogens is 2. The molecule has 3 saturated carbocycles. The summed E-state index contributed by atoms with van der Waals surface area (Å²) in [5.74, 6) is -0.741. The molecule has 1 aromatic carbocycles. The second kappa shape index (κ2) is 8.86. The van der Waals surface area contributed by atoms with Crippen molar-refractivity contribution in [2.24, 2.45) is 23.2 Å². The van der Waals surface area contributed by atoms with Gasteiger partial charge in [0.15, 0.2) is 0 Å². The molecule has 0 unspecified atom stereocenters.